The van der Waals surface area contributed by atoms with Gasteiger partial charge in [-0.2, -0.15) is 0 Å². The van der Waals surface area contributed by atoms with Crippen LogP contribution in [-0.2, 0) is 0 Å². The fourth-order valence-electron chi connectivity index (χ4n) is 0.783. The van der Waals surface area contributed by atoms with Crippen LogP contribution in [0.15, 0.2) is 24.3 Å². The number of benzene rings is 1. The molecule has 2 nitrogen and oxygen atoms in total. The van der Waals surface area contributed by atoms with Gasteiger partial charge in [0.05, 0.1) is 5.02 Å². The van der Waals surface area contributed by atoms with Gasteiger partial charge in [0, 0.05) is 6.04 Å². The van der Waals surface area contributed by atoms with Gasteiger partial charge in [0.15, 0.2) is 0 Å². The van der Waals surface area contributed by atoms with E-state index in [1.54, 1.807) is 6.07 Å². The molecule has 2 N–H and O–H groups in total. The number of hydrogen-bond donors (Lipinski definition) is 1. The minimum absolute atomic E-state index is 0. The Morgan fingerprint density at radius 1 is 1.46 bits per heavy atom. The van der Waals surface area contributed by atoms with Crippen molar-refractivity contribution in [3.8, 4) is 5.75 Å². The highest BCUT2D eigenvalue weighted by Gasteiger charge is 2.00. The normalized spacial score (nSPS) is 11.6. The van der Waals surface area contributed by atoms with Crippen LogP contribution in [0.5, 0.6) is 5.75 Å². The van der Waals surface area contributed by atoms with E-state index in [-0.39, 0.29) is 18.4 Å². The summed E-state index contributed by atoms with van der Waals surface area (Å²) in [5, 5.41) is 0.623. The molecule has 74 valence electrons. The molecular weight excluding hydrogens is 209 g/mol. The number of halogens is 2. The lowest BCUT2D eigenvalue weighted by Crippen LogP contribution is -2.23. The third-order valence-corrected chi connectivity index (χ3v) is 1.65. The van der Waals surface area contributed by atoms with Crippen LogP contribution in [0.4, 0.5) is 0 Å². The van der Waals surface area contributed by atoms with Crippen LogP contribution in [0.25, 0.3) is 0 Å². The smallest absolute Gasteiger partial charge is 0.137 e. The first-order valence-electron chi connectivity index (χ1n) is 3.83. The lowest BCUT2D eigenvalue weighted by atomic mass is 10.3. The molecule has 13 heavy (non-hydrogen) atoms. The molecule has 0 fully saturated rings. The summed E-state index contributed by atoms with van der Waals surface area (Å²) in [4.78, 5) is 0. The molecule has 1 rings (SSSR count). The van der Waals surface area contributed by atoms with Crippen molar-refractivity contribution >= 4 is 24.0 Å². The van der Waals surface area contributed by atoms with Crippen molar-refractivity contribution < 1.29 is 4.74 Å². The zero-order valence-electron chi connectivity index (χ0n) is 7.37. The molecule has 0 aliphatic rings. The average molecular weight is 222 g/mol. The molecule has 1 atom stereocenters. The Bertz CT molecular complexity index is 253. The summed E-state index contributed by atoms with van der Waals surface area (Å²) in [6, 6.07) is 7.38. The maximum Gasteiger partial charge on any atom is 0.137 e. The molecule has 1 aromatic rings. The largest absolute Gasteiger partial charge is 0.490 e. The molecule has 1 unspecified atom stereocenters. The molecule has 0 aliphatic heterocycles. The van der Waals surface area contributed by atoms with E-state index in [9.17, 15) is 0 Å². The number of nitrogens with two attached hydrogens (primary N) is 1. The van der Waals surface area contributed by atoms with Crippen molar-refractivity contribution in [1.29, 1.82) is 0 Å². The van der Waals surface area contributed by atoms with Gasteiger partial charge in [-0.1, -0.05) is 23.7 Å². The molecule has 0 amide bonds. The predicted octanol–water partition coefficient (Wildman–Crippen LogP) is 2.49. The highest BCUT2D eigenvalue weighted by Crippen LogP contribution is 2.22. The lowest BCUT2D eigenvalue weighted by molar-refractivity contribution is 0.296. The second-order valence-corrected chi connectivity index (χ2v) is 3.13. The maximum absolute atomic E-state index is 5.84. The SMILES string of the molecule is CC(N)COc1ccccc1Cl.Cl. The molecule has 4 heteroatoms. The van der Waals surface area contributed by atoms with E-state index in [0.717, 1.165) is 0 Å². The quantitative estimate of drug-likeness (QED) is 0.852. The molecule has 0 saturated heterocycles. The highest BCUT2D eigenvalue weighted by molar-refractivity contribution is 6.32. The van der Waals surface area contributed by atoms with Gasteiger partial charge in [0.1, 0.15) is 12.4 Å². The second kappa shape index (κ2) is 6.08. The monoisotopic (exact) mass is 221 g/mol. The summed E-state index contributed by atoms with van der Waals surface area (Å²) in [6.07, 6.45) is 0. The molecule has 0 radical (unpaired) electrons. The van der Waals surface area contributed by atoms with Crippen molar-refractivity contribution in [2.75, 3.05) is 6.61 Å². The molecule has 0 spiro atoms. The standard InChI is InChI=1S/C9H12ClNO.ClH/c1-7(11)6-12-9-5-3-2-4-8(9)10;/h2-5,7H,6,11H2,1H3;1H. The van der Waals surface area contributed by atoms with Crippen molar-refractivity contribution in [3.63, 3.8) is 0 Å². The molecule has 0 bridgehead atoms. The Balaban J connectivity index is 0.00000144. The Hall–Kier alpha value is -0.440. The summed E-state index contributed by atoms with van der Waals surface area (Å²) in [5.74, 6) is 0.691. The molecule has 0 heterocycles. The fourth-order valence-corrected chi connectivity index (χ4v) is 0.973. The maximum atomic E-state index is 5.84. The Labute approximate surface area is 89.4 Å². The predicted molar refractivity (Wildman–Crippen MR) is 57.8 cm³/mol. The van der Waals surface area contributed by atoms with E-state index in [4.69, 9.17) is 22.1 Å². The van der Waals surface area contributed by atoms with Gasteiger partial charge in [-0.25, -0.2) is 0 Å². The summed E-state index contributed by atoms with van der Waals surface area (Å²) in [6.45, 7) is 2.38. The lowest BCUT2D eigenvalue weighted by Gasteiger charge is -2.09. The van der Waals surface area contributed by atoms with E-state index >= 15 is 0 Å². The van der Waals surface area contributed by atoms with Crippen molar-refractivity contribution in [1.82, 2.24) is 0 Å². The van der Waals surface area contributed by atoms with E-state index in [2.05, 4.69) is 0 Å². The summed E-state index contributed by atoms with van der Waals surface area (Å²) < 4.78 is 5.34. The molecule has 0 aromatic heterocycles. The third kappa shape index (κ3) is 4.36. The zero-order valence-corrected chi connectivity index (χ0v) is 8.94. The van der Waals surface area contributed by atoms with Gasteiger partial charge in [-0.3, -0.25) is 0 Å². The molecule has 1 aromatic carbocycles. The van der Waals surface area contributed by atoms with Crippen molar-refractivity contribution in [2.45, 2.75) is 13.0 Å². The van der Waals surface area contributed by atoms with Crippen LogP contribution in [0.3, 0.4) is 0 Å². The van der Waals surface area contributed by atoms with E-state index in [0.29, 0.717) is 17.4 Å². The van der Waals surface area contributed by atoms with Crippen molar-refractivity contribution in [2.24, 2.45) is 5.73 Å². The van der Waals surface area contributed by atoms with E-state index in [1.807, 2.05) is 25.1 Å². The van der Waals surface area contributed by atoms with Gasteiger partial charge in [0.2, 0.25) is 0 Å². The average Bonchev–Trinajstić information content (AvgIpc) is 2.03. The van der Waals surface area contributed by atoms with Gasteiger partial charge < -0.3 is 10.5 Å². The van der Waals surface area contributed by atoms with Crippen LogP contribution >= 0.6 is 24.0 Å². The minimum Gasteiger partial charge on any atom is -0.490 e. The Kier molecular flexibility index (Phi) is 5.88. The summed E-state index contributed by atoms with van der Waals surface area (Å²) in [5.41, 5.74) is 5.52. The van der Waals surface area contributed by atoms with Crippen LogP contribution in [0.1, 0.15) is 6.92 Å². The number of para-hydroxylation sites is 1. The van der Waals surface area contributed by atoms with Gasteiger partial charge in [-0.15, -0.1) is 12.4 Å². The second-order valence-electron chi connectivity index (χ2n) is 2.72. The first-order chi connectivity index (χ1) is 5.70. The van der Waals surface area contributed by atoms with Crippen LogP contribution in [-0.4, -0.2) is 12.6 Å². The number of ether oxygens (including phenoxy) is 1. The fraction of sp³-hybridized carbons (Fsp3) is 0.333. The summed E-state index contributed by atoms with van der Waals surface area (Å²) in [7, 11) is 0. The minimum atomic E-state index is 0. The zero-order chi connectivity index (χ0) is 8.97. The summed E-state index contributed by atoms with van der Waals surface area (Å²) >= 11 is 5.84. The molecule has 0 aliphatic carbocycles. The van der Waals surface area contributed by atoms with Crippen LogP contribution in [0.2, 0.25) is 5.02 Å². The number of hydrogen-bond acceptors (Lipinski definition) is 2. The van der Waals surface area contributed by atoms with Crippen LogP contribution in [0, 0.1) is 0 Å². The van der Waals surface area contributed by atoms with E-state index < -0.39 is 0 Å². The van der Waals surface area contributed by atoms with Gasteiger partial charge in [-0.05, 0) is 19.1 Å². The van der Waals surface area contributed by atoms with E-state index in [1.165, 1.54) is 0 Å². The first kappa shape index (κ1) is 12.6. The van der Waals surface area contributed by atoms with Crippen LogP contribution < -0.4 is 10.5 Å². The van der Waals surface area contributed by atoms with Gasteiger partial charge >= 0.3 is 0 Å². The first-order valence-corrected chi connectivity index (χ1v) is 4.21. The molecule has 0 saturated carbocycles. The third-order valence-electron chi connectivity index (χ3n) is 1.34. The topological polar surface area (TPSA) is 35.2 Å². The van der Waals surface area contributed by atoms with Crippen molar-refractivity contribution in [3.05, 3.63) is 29.3 Å². The number of rotatable bonds is 3. The van der Waals surface area contributed by atoms with Gasteiger partial charge in [0.25, 0.3) is 0 Å². The Morgan fingerprint density at radius 3 is 2.62 bits per heavy atom. The Morgan fingerprint density at radius 2 is 2.08 bits per heavy atom. The highest BCUT2D eigenvalue weighted by atomic mass is 35.5. The molecular formula is C9H13Cl2NO.